The van der Waals surface area contributed by atoms with Gasteiger partial charge < -0.3 is 9.32 Å². The molecule has 2 aliphatic heterocycles. The second-order valence-electron chi connectivity index (χ2n) is 6.88. The third-order valence-electron chi connectivity index (χ3n) is 5.31. The lowest BCUT2D eigenvalue weighted by Gasteiger charge is -2.16. The van der Waals surface area contributed by atoms with Crippen molar-refractivity contribution in [3.05, 3.63) is 58.2 Å². The fourth-order valence-electron chi connectivity index (χ4n) is 4.03. The van der Waals surface area contributed by atoms with Crippen LogP contribution in [-0.2, 0) is 9.84 Å². The predicted octanol–water partition coefficient (Wildman–Crippen LogP) is 3.11. The van der Waals surface area contributed by atoms with Gasteiger partial charge in [0.2, 0.25) is 0 Å². The largest absolute Gasteiger partial charge is 0.464 e. The van der Waals surface area contributed by atoms with E-state index in [1.165, 1.54) is 11.3 Å². The Morgan fingerprint density at radius 1 is 1.30 bits per heavy atom. The number of thiazole rings is 1. The topological polar surface area (TPSA) is 80.5 Å². The molecule has 5 rings (SSSR count). The highest BCUT2D eigenvalue weighted by Crippen LogP contribution is 2.46. The van der Waals surface area contributed by atoms with Crippen LogP contribution in [0.15, 0.2) is 51.3 Å². The maximum atomic E-state index is 13.0. The first kappa shape index (κ1) is 16.7. The third kappa shape index (κ3) is 2.47. The van der Waals surface area contributed by atoms with Gasteiger partial charge in [-0.15, -0.1) is 11.3 Å². The second-order valence-corrected chi connectivity index (χ2v) is 10.1. The summed E-state index contributed by atoms with van der Waals surface area (Å²) in [6, 6.07) is 8.97. The first-order valence-electron chi connectivity index (χ1n) is 8.58. The molecule has 0 unspecified atom stereocenters. The number of likely N-dealkylation sites (tertiary alicyclic amines) is 1. The zero-order chi connectivity index (χ0) is 18.8. The summed E-state index contributed by atoms with van der Waals surface area (Å²) in [5, 5.41) is 1.95. The quantitative estimate of drug-likeness (QED) is 0.660. The van der Waals surface area contributed by atoms with E-state index < -0.39 is 15.1 Å². The van der Waals surface area contributed by atoms with E-state index in [0.717, 1.165) is 16.1 Å². The number of sulfone groups is 1. The summed E-state index contributed by atoms with van der Waals surface area (Å²) in [5.41, 5.74) is 2.01. The molecule has 1 fully saturated rings. The van der Waals surface area contributed by atoms with E-state index in [0.29, 0.717) is 22.9 Å². The molecule has 2 aromatic heterocycles. The Hall–Kier alpha value is -2.45. The van der Waals surface area contributed by atoms with Gasteiger partial charge in [-0.05, 0) is 42.8 Å². The first-order valence-corrected chi connectivity index (χ1v) is 11.0. The van der Waals surface area contributed by atoms with Gasteiger partial charge in [0.25, 0.3) is 5.91 Å². The number of carbonyl (C=O) groups excluding carboxylic acids is 1. The summed E-state index contributed by atoms with van der Waals surface area (Å²) in [6.45, 7) is 2.43. The fourth-order valence-corrected chi connectivity index (χ4v) is 6.78. The van der Waals surface area contributed by atoms with Gasteiger partial charge in [-0.2, -0.15) is 0 Å². The van der Waals surface area contributed by atoms with E-state index in [9.17, 15) is 13.2 Å². The number of hydrogen-bond donors (Lipinski definition) is 0. The summed E-state index contributed by atoms with van der Waals surface area (Å²) in [5.74, 6) is 0.277. The molecule has 1 aromatic carbocycles. The van der Waals surface area contributed by atoms with E-state index in [1.54, 1.807) is 34.7 Å². The summed E-state index contributed by atoms with van der Waals surface area (Å²) < 4.78 is 31.4. The van der Waals surface area contributed by atoms with Gasteiger partial charge >= 0.3 is 0 Å². The first-order chi connectivity index (χ1) is 12.9. The monoisotopic (exact) mass is 400 g/mol. The Bertz CT molecular complexity index is 1150. The van der Waals surface area contributed by atoms with Crippen molar-refractivity contribution in [3.8, 4) is 11.3 Å². The smallest absolute Gasteiger partial charge is 0.273 e. The highest BCUT2D eigenvalue weighted by Gasteiger charge is 2.51. The Balaban J connectivity index is 1.52. The lowest BCUT2D eigenvalue weighted by atomic mass is 9.96. The molecule has 0 N–H and O–H groups in total. The SMILES string of the molecule is Cc1nc(C(=O)N2C[C@@H]3c4cc(-c5ccco5)ccc4S(=O)(=O)[C@@H]3C2)cs1. The zero-order valence-electron chi connectivity index (χ0n) is 14.5. The molecule has 138 valence electrons. The van der Waals surface area contributed by atoms with Crippen LogP contribution in [0.4, 0.5) is 0 Å². The molecular formula is C19H16N2O4S2. The lowest BCUT2D eigenvalue weighted by Crippen LogP contribution is -2.31. The summed E-state index contributed by atoms with van der Waals surface area (Å²) >= 11 is 1.41. The number of furan rings is 1. The number of benzene rings is 1. The number of carbonyl (C=O) groups is 1. The third-order valence-corrected chi connectivity index (χ3v) is 8.34. The van der Waals surface area contributed by atoms with Crippen molar-refractivity contribution in [2.75, 3.05) is 13.1 Å². The minimum atomic E-state index is -3.45. The van der Waals surface area contributed by atoms with Crippen molar-refractivity contribution in [1.82, 2.24) is 9.88 Å². The highest BCUT2D eigenvalue weighted by atomic mass is 32.2. The van der Waals surface area contributed by atoms with E-state index in [4.69, 9.17) is 4.42 Å². The molecule has 2 aliphatic rings. The van der Waals surface area contributed by atoms with Crippen molar-refractivity contribution in [1.29, 1.82) is 0 Å². The molecule has 4 heterocycles. The maximum Gasteiger partial charge on any atom is 0.273 e. The molecule has 0 aliphatic carbocycles. The van der Waals surface area contributed by atoms with Gasteiger partial charge in [0.15, 0.2) is 9.84 Å². The number of nitrogens with zero attached hydrogens (tertiary/aromatic N) is 2. The molecule has 1 amide bonds. The van der Waals surface area contributed by atoms with Crippen molar-refractivity contribution in [2.45, 2.75) is 23.0 Å². The predicted molar refractivity (Wildman–Crippen MR) is 101 cm³/mol. The van der Waals surface area contributed by atoms with E-state index in [-0.39, 0.29) is 18.4 Å². The lowest BCUT2D eigenvalue weighted by molar-refractivity contribution is 0.0785. The van der Waals surface area contributed by atoms with Crippen LogP contribution in [-0.4, -0.2) is 42.5 Å². The second kappa shape index (κ2) is 5.77. The van der Waals surface area contributed by atoms with Crippen molar-refractivity contribution in [3.63, 3.8) is 0 Å². The average molecular weight is 400 g/mol. The number of aromatic nitrogens is 1. The molecule has 0 radical (unpaired) electrons. The molecule has 27 heavy (non-hydrogen) atoms. The average Bonchev–Trinajstić information content (AvgIpc) is 3.41. The van der Waals surface area contributed by atoms with Crippen LogP contribution >= 0.6 is 11.3 Å². The summed E-state index contributed by atoms with van der Waals surface area (Å²) in [7, 11) is -3.45. The van der Waals surface area contributed by atoms with Crippen molar-refractivity contribution < 1.29 is 17.6 Å². The van der Waals surface area contributed by atoms with E-state index in [2.05, 4.69) is 4.98 Å². The maximum absolute atomic E-state index is 13.0. The summed E-state index contributed by atoms with van der Waals surface area (Å²) in [6.07, 6.45) is 1.59. The molecule has 0 saturated carbocycles. The van der Waals surface area contributed by atoms with Crippen LogP contribution < -0.4 is 0 Å². The molecule has 3 aromatic rings. The van der Waals surface area contributed by atoms with E-state index in [1.807, 2.05) is 19.1 Å². The fraction of sp³-hybridized carbons (Fsp3) is 0.263. The van der Waals surface area contributed by atoms with Crippen LogP contribution in [0.5, 0.6) is 0 Å². The normalized spacial score (nSPS) is 22.6. The van der Waals surface area contributed by atoms with Gasteiger partial charge in [-0.1, -0.05) is 0 Å². The Morgan fingerprint density at radius 3 is 2.85 bits per heavy atom. The number of fused-ring (bicyclic) bond motifs is 3. The van der Waals surface area contributed by atoms with Gasteiger partial charge in [-0.3, -0.25) is 4.79 Å². The Labute approximate surface area is 160 Å². The van der Waals surface area contributed by atoms with Gasteiger partial charge in [0.1, 0.15) is 11.5 Å². The molecule has 0 spiro atoms. The van der Waals surface area contributed by atoms with Crippen LogP contribution in [0.3, 0.4) is 0 Å². The van der Waals surface area contributed by atoms with Gasteiger partial charge in [0, 0.05) is 30.0 Å². The van der Waals surface area contributed by atoms with Crippen LogP contribution in [0.25, 0.3) is 11.3 Å². The molecule has 8 heteroatoms. The standard InChI is InChI=1S/C19H16N2O4S2/c1-11-20-15(10-26-11)19(22)21-8-14-13-7-12(16-3-2-6-25-16)4-5-17(13)27(23,24)18(14)9-21/h2-7,10,14,18H,8-9H2,1H3/t14-,18-/m1/s1. The Morgan fingerprint density at radius 2 is 2.15 bits per heavy atom. The van der Waals surface area contributed by atoms with Crippen molar-refractivity contribution >= 4 is 27.1 Å². The molecule has 1 saturated heterocycles. The minimum Gasteiger partial charge on any atom is -0.464 e. The molecule has 6 nitrogen and oxygen atoms in total. The number of hydrogen-bond acceptors (Lipinski definition) is 6. The molecule has 0 bridgehead atoms. The number of aryl methyl sites for hydroxylation is 1. The van der Waals surface area contributed by atoms with Crippen LogP contribution in [0, 0.1) is 6.92 Å². The molecule has 2 atom stereocenters. The Kier molecular flexibility index (Phi) is 3.57. The van der Waals surface area contributed by atoms with Crippen LogP contribution in [0.1, 0.15) is 27.0 Å². The number of rotatable bonds is 2. The number of amides is 1. The highest BCUT2D eigenvalue weighted by molar-refractivity contribution is 7.92. The molecular weight excluding hydrogens is 384 g/mol. The van der Waals surface area contributed by atoms with Gasteiger partial charge in [0.05, 0.1) is 21.4 Å². The van der Waals surface area contributed by atoms with Crippen LogP contribution in [0.2, 0.25) is 0 Å². The van der Waals surface area contributed by atoms with Crippen molar-refractivity contribution in [2.24, 2.45) is 0 Å². The summed E-state index contributed by atoms with van der Waals surface area (Å²) in [4.78, 5) is 19.0. The van der Waals surface area contributed by atoms with Gasteiger partial charge in [-0.25, -0.2) is 13.4 Å². The zero-order valence-corrected chi connectivity index (χ0v) is 16.1. The minimum absolute atomic E-state index is 0.201. The van der Waals surface area contributed by atoms with E-state index >= 15 is 0 Å².